The summed E-state index contributed by atoms with van der Waals surface area (Å²) < 4.78 is 0. The van der Waals surface area contributed by atoms with Crippen LogP contribution in [0.1, 0.15) is 26.2 Å². The fourth-order valence-corrected chi connectivity index (χ4v) is 2.81. The highest BCUT2D eigenvalue weighted by Crippen LogP contribution is 2.45. The van der Waals surface area contributed by atoms with Gasteiger partial charge < -0.3 is 0 Å². The molecular weight excluding hydrogens is 156 g/mol. The van der Waals surface area contributed by atoms with E-state index >= 15 is 0 Å². The van der Waals surface area contributed by atoms with Gasteiger partial charge in [-0.3, -0.25) is 0 Å². The van der Waals surface area contributed by atoms with Gasteiger partial charge in [0.05, 0.1) is 0 Å². The molecule has 0 spiro atoms. The minimum absolute atomic E-state index is 0.368. The zero-order valence-electron chi connectivity index (χ0n) is 6.96. The highest BCUT2D eigenvalue weighted by molar-refractivity contribution is 6.20. The summed E-state index contributed by atoms with van der Waals surface area (Å²) >= 11 is 5.97. The van der Waals surface area contributed by atoms with Gasteiger partial charge in [-0.15, -0.1) is 11.6 Å². The van der Waals surface area contributed by atoms with E-state index in [0.717, 1.165) is 17.8 Å². The van der Waals surface area contributed by atoms with Crippen molar-refractivity contribution >= 4 is 11.6 Å². The predicted molar refractivity (Wildman–Crippen MR) is 48.8 cm³/mol. The van der Waals surface area contributed by atoms with Gasteiger partial charge in [0.2, 0.25) is 0 Å². The first-order chi connectivity index (χ1) is 5.25. The van der Waals surface area contributed by atoms with Crippen molar-refractivity contribution in [3.05, 3.63) is 12.2 Å². The summed E-state index contributed by atoms with van der Waals surface area (Å²) in [5, 5.41) is 0.368. The molecule has 4 atom stereocenters. The van der Waals surface area contributed by atoms with E-state index in [-0.39, 0.29) is 0 Å². The van der Waals surface area contributed by atoms with E-state index in [0.29, 0.717) is 5.38 Å². The molecule has 4 unspecified atom stereocenters. The fourth-order valence-electron chi connectivity index (χ4n) is 2.58. The highest BCUT2D eigenvalue weighted by atomic mass is 35.5. The summed E-state index contributed by atoms with van der Waals surface area (Å²) in [6.07, 6.45) is 8.82. The summed E-state index contributed by atoms with van der Waals surface area (Å²) in [5.41, 5.74) is 0. The van der Waals surface area contributed by atoms with Crippen LogP contribution >= 0.6 is 11.6 Å². The smallest absolute Gasteiger partial charge is 0.0310 e. The van der Waals surface area contributed by atoms with Crippen LogP contribution < -0.4 is 0 Å². The maximum atomic E-state index is 5.97. The molecule has 1 heteroatoms. The van der Waals surface area contributed by atoms with E-state index in [2.05, 4.69) is 19.1 Å². The van der Waals surface area contributed by atoms with Gasteiger partial charge in [0.25, 0.3) is 0 Å². The maximum absolute atomic E-state index is 5.97. The maximum Gasteiger partial charge on any atom is 0.0310 e. The minimum atomic E-state index is 0.368. The SMILES string of the molecule is CC(Cl)CC1CC2C=CC1C2. The van der Waals surface area contributed by atoms with Crippen LogP contribution in [0.4, 0.5) is 0 Å². The number of alkyl halides is 1. The largest absolute Gasteiger partial charge is 0.123 e. The van der Waals surface area contributed by atoms with Crippen LogP contribution in [0, 0.1) is 17.8 Å². The first-order valence-electron chi connectivity index (χ1n) is 4.58. The number of rotatable bonds is 2. The summed E-state index contributed by atoms with van der Waals surface area (Å²) in [6.45, 7) is 2.11. The Morgan fingerprint density at radius 3 is 2.73 bits per heavy atom. The summed E-state index contributed by atoms with van der Waals surface area (Å²) in [7, 11) is 0. The van der Waals surface area contributed by atoms with Gasteiger partial charge in [-0.25, -0.2) is 0 Å². The van der Waals surface area contributed by atoms with Crippen LogP contribution in [-0.2, 0) is 0 Å². The number of allylic oxidation sites excluding steroid dienone is 2. The molecule has 0 aromatic heterocycles. The molecule has 0 heterocycles. The standard InChI is InChI=1S/C10H15Cl/c1-7(11)4-10-6-8-2-3-9(10)5-8/h2-3,7-10H,4-6H2,1H3. The molecule has 11 heavy (non-hydrogen) atoms. The van der Waals surface area contributed by atoms with Crippen molar-refractivity contribution in [3.8, 4) is 0 Å². The van der Waals surface area contributed by atoms with Crippen LogP contribution in [-0.4, -0.2) is 5.38 Å². The Labute approximate surface area is 73.6 Å². The minimum Gasteiger partial charge on any atom is -0.123 e. The van der Waals surface area contributed by atoms with E-state index in [1.165, 1.54) is 19.3 Å². The van der Waals surface area contributed by atoms with Gasteiger partial charge in [0, 0.05) is 5.38 Å². The first-order valence-corrected chi connectivity index (χ1v) is 5.01. The van der Waals surface area contributed by atoms with Gasteiger partial charge in [0.1, 0.15) is 0 Å². The normalized spacial score (nSPS) is 43.3. The van der Waals surface area contributed by atoms with Gasteiger partial charge in [-0.05, 0) is 43.9 Å². The average Bonchev–Trinajstić information content (AvgIpc) is 2.45. The van der Waals surface area contributed by atoms with E-state index in [4.69, 9.17) is 11.6 Å². The summed E-state index contributed by atoms with van der Waals surface area (Å²) in [4.78, 5) is 0. The van der Waals surface area contributed by atoms with Crippen molar-refractivity contribution in [2.75, 3.05) is 0 Å². The second-order valence-corrected chi connectivity index (χ2v) is 4.80. The zero-order valence-corrected chi connectivity index (χ0v) is 7.72. The Bertz CT molecular complexity index is 172. The lowest BCUT2D eigenvalue weighted by Gasteiger charge is -2.18. The van der Waals surface area contributed by atoms with Crippen LogP contribution in [0.15, 0.2) is 12.2 Å². The molecule has 0 amide bonds. The van der Waals surface area contributed by atoms with Crippen molar-refractivity contribution in [3.63, 3.8) is 0 Å². The Hall–Kier alpha value is 0.0300. The molecule has 2 aliphatic rings. The third kappa shape index (κ3) is 1.46. The average molecular weight is 171 g/mol. The molecule has 2 rings (SSSR count). The van der Waals surface area contributed by atoms with Crippen LogP contribution in [0.5, 0.6) is 0 Å². The molecule has 2 aliphatic carbocycles. The molecule has 0 aromatic rings. The molecule has 62 valence electrons. The Morgan fingerprint density at radius 1 is 1.45 bits per heavy atom. The lowest BCUT2D eigenvalue weighted by atomic mass is 9.90. The van der Waals surface area contributed by atoms with Crippen LogP contribution in [0.3, 0.4) is 0 Å². The van der Waals surface area contributed by atoms with Gasteiger partial charge in [-0.2, -0.15) is 0 Å². The lowest BCUT2D eigenvalue weighted by Crippen LogP contribution is -2.10. The van der Waals surface area contributed by atoms with Crippen LogP contribution in [0.2, 0.25) is 0 Å². The summed E-state index contributed by atoms with van der Waals surface area (Å²) in [5.74, 6) is 2.68. The molecule has 0 saturated heterocycles. The van der Waals surface area contributed by atoms with E-state index in [9.17, 15) is 0 Å². The number of hydrogen-bond acceptors (Lipinski definition) is 0. The van der Waals surface area contributed by atoms with Crippen molar-refractivity contribution in [2.24, 2.45) is 17.8 Å². The number of hydrogen-bond donors (Lipinski definition) is 0. The quantitative estimate of drug-likeness (QED) is 0.441. The number of fused-ring (bicyclic) bond motifs is 2. The van der Waals surface area contributed by atoms with Gasteiger partial charge >= 0.3 is 0 Å². The number of halogens is 1. The summed E-state index contributed by atoms with van der Waals surface area (Å²) in [6, 6.07) is 0. The topological polar surface area (TPSA) is 0 Å². The molecule has 0 radical (unpaired) electrons. The van der Waals surface area contributed by atoms with E-state index in [1.54, 1.807) is 0 Å². The third-order valence-electron chi connectivity index (χ3n) is 3.04. The predicted octanol–water partition coefficient (Wildman–Crippen LogP) is 3.22. The van der Waals surface area contributed by atoms with Crippen molar-refractivity contribution in [2.45, 2.75) is 31.6 Å². The van der Waals surface area contributed by atoms with Gasteiger partial charge in [0.15, 0.2) is 0 Å². The molecule has 0 nitrogen and oxygen atoms in total. The Kier molecular flexibility index (Phi) is 1.97. The molecular formula is C10H15Cl. The van der Waals surface area contributed by atoms with Gasteiger partial charge in [-0.1, -0.05) is 12.2 Å². The second kappa shape index (κ2) is 2.82. The van der Waals surface area contributed by atoms with Crippen LogP contribution in [0.25, 0.3) is 0 Å². The Balaban J connectivity index is 1.93. The first kappa shape index (κ1) is 7.67. The van der Waals surface area contributed by atoms with E-state index in [1.807, 2.05) is 0 Å². The third-order valence-corrected chi connectivity index (χ3v) is 3.22. The molecule has 0 aromatic carbocycles. The monoisotopic (exact) mass is 170 g/mol. The second-order valence-electron chi connectivity index (χ2n) is 4.06. The fraction of sp³-hybridized carbons (Fsp3) is 0.800. The zero-order chi connectivity index (χ0) is 7.84. The van der Waals surface area contributed by atoms with Crippen molar-refractivity contribution < 1.29 is 0 Å². The van der Waals surface area contributed by atoms with E-state index < -0.39 is 0 Å². The van der Waals surface area contributed by atoms with Crippen molar-refractivity contribution in [1.82, 2.24) is 0 Å². The molecule has 0 aliphatic heterocycles. The lowest BCUT2D eigenvalue weighted by molar-refractivity contribution is 0.414. The molecule has 1 saturated carbocycles. The highest BCUT2D eigenvalue weighted by Gasteiger charge is 2.35. The molecule has 0 N–H and O–H groups in total. The van der Waals surface area contributed by atoms with Crippen molar-refractivity contribution in [1.29, 1.82) is 0 Å². The molecule has 1 fully saturated rings. The molecule has 2 bridgehead atoms. The Morgan fingerprint density at radius 2 is 2.27 bits per heavy atom.